The number of halogens is 1. The zero-order chi connectivity index (χ0) is 16.2. The van der Waals surface area contributed by atoms with E-state index in [9.17, 15) is 9.18 Å². The fourth-order valence-electron chi connectivity index (χ4n) is 2.94. The number of rotatable bonds is 5. The second kappa shape index (κ2) is 7.14. The highest BCUT2D eigenvalue weighted by Gasteiger charge is 2.23. The number of likely N-dealkylation sites (tertiary alicyclic amines) is 1. The van der Waals surface area contributed by atoms with E-state index in [0.29, 0.717) is 11.0 Å². The molecule has 7 heteroatoms. The molecule has 3 heterocycles. The highest BCUT2D eigenvalue weighted by molar-refractivity contribution is 7.15. The highest BCUT2D eigenvalue weighted by Crippen LogP contribution is 2.25. The van der Waals surface area contributed by atoms with Gasteiger partial charge in [-0.25, -0.2) is 9.97 Å². The van der Waals surface area contributed by atoms with Gasteiger partial charge in [0.05, 0.1) is 0 Å². The van der Waals surface area contributed by atoms with E-state index >= 15 is 0 Å². The van der Waals surface area contributed by atoms with Crippen molar-refractivity contribution in [1.82, 2.24) is 14.9 Å². The van der Waals surface area contributed by atoms with E-state index < -0.39 is 5.95 Å². The van der Waals surface area contributed by atoms with Gasteiger partial charge in [0.1, 0.15) is 0 Å². The summed E-state index contributed by atoms with van der Waals surface area (Å²) >= 11 is 1.51. The van der Waals surface area contributed by atoms with Gasteiger partial charge in [-0.3, -0.25) is 9.69 Å². The van der Waals surface area contributed by atoms with Crippen LogP contribution in [0.1, 0.15) is 23.8 Å². The number of carbonyl (C=O) groups is 1. The van der Waals surface area contributed by atoms with Gasteiger partial charge in [-0.2, -0.15) is 4.39 Å². The Hall–Kier alpha value is -1.86. The number of nitrogens with one attached hydrogen (secondary N) is 1. The predicted octanol–water partition coefficient (Wildman–Crippen LogP) is 2.70. The van der Waals surface area contributed by atoms with Crippen LogP contribution in [0.5, 0.6) is 0 Å². The van der Waals surface area contributed by atoms with E-state index in [1.807, 2.05) is 12.3 Å². The zero-order valence-electron chi connectivity index (χ0n) is 13.0. The Balaban J connectivity index is 1.51. The molecule has 3 rings (SSSR count). The van der Waals surface area contributed by atoms with Crippen LogP contribution in [-0.2, 0) is 17.8 Å². The van der Waals surface area contributed by atoms with Gasteiger partial charge in [-0.15, -0.1) is 11.3 Å². The average Bonchev–Trinajstić information content (AvgIpc) is 3.09. The van der Waals surface area contributed by atoms with Crippen LogP contribution in [-0.4, -0.2) is 33.9 Å². The molecule has 1 aliphatic heterocycles. The molecule has 1 saturated heterocycles. The number of thiazole rings is 1. The van der Waals surface area contributed by atoms with Gasteiger partial charge in [0.25, 0.3) is 0 Å². The molecular formula is C16H19FN4OS. The third-order valence-electron chi connectivity index (χ3n) is 3.90. The molecule has 23 heavy (non-hydrogen) atoms. The van der Waals surface area contributed by atoms with Crippen molar-refractivity contribution in [3.05, 3.63) is 40.9 Å². The van der Waals surface area contributed by atoms with Crippen molar-refractivity contribution in [2.24, 2.45) is 5.92 Å². The zero-order valence-corrected chi connectivity index (χ0v) is 13.8. The van der Waals surface area contributed by atoms with Gasteiger partial charge in [0.15, 0.2) is 5.13 Å². The SMILES string of the molecule is CC(=O)Nc1ncc(CN2CCC(Cc3ccnc(F)c3)C2)s1. The lowest BCUT2D eigenvalue weighted by Gasteiger charge is -2.14. The first-order valence-electron chi connectivity index (χ1n) is 7.63. The third kappa shape index (κ3) is 4.56. The van der Waals surface area contributed by atoms with Gasteiger partial charge in [-0.05, 0) is 43.0 Å². The van der Waals surface area contributed by atoms with Gasteiger partial charge >= 0.3 is 0 Å². The minimum Gasteiger partial charge on any atom is -0.302 e. The summed E-state index contributed by atoms with van der Waals surface area (Å²) in [6.07, 6.45) is 5.34. The Morgan fingerprint density at radius 2 is 2.39 bits per heavy atom. The van der Waals surface area contributed by atoms with Crippen LogP contribution in [0.25, 0.3) is 0 Å². The number of amides is 1. The van der Waals surface area contributed by atoms with Gasteiger partial charge in [0, 0.05) is 37.3 Å². The van der Waals surface area contributed by atoms with Gasteiger partial charge < -0.3 is 5.32 Å². The predicted molar refractivity (Wildman–Crippen MR) is 87.7 cm³/mol. The van der Waals surface area contributed by atoms with Crippen LogP contribution in [0.2, 0.25) is 0 Å². The summed E-state index contributed by atoms with van der Waals surface area (Å²) in [5, 5.41) is 3.35. The Morgan fingerprint density at radius 3 is 3.17 bits per heavy atom. The number of anilines is 1. The fourth-order valence-corrected chi connectivity index (χ4v) is 3.84. The molecule has 0 aliphatic carbocycles. The van der Waals surface area contributed by atoms with Crippen LogP contribution < -0.4 is 5.32 Å². The molecule has 1 unspecified atom stereocenters. The molecule has 2 aromatic rings. The summed E-state index contributed by atoms with van der Waals surface area (Å²) in [4.78, 5) is 22.3. The van der Waals surface area contributed by atoms with E-state index in [1.54, 1.807) is 0 Å². The molecule has 5 nitrogen and oxygen atoms in total. The summed E-state index contributed by atoms with van der Waals surface area (Å²) in [5.74, 6) is 0.0313. The molecule has 0 aromatic carbocycles. The van der Waals surface area contributed by atoms with Gasteiger partial charge in [0.2, 0.25) is 11.9 Å². The Kier molecular flexibility index (Phi) is 4.97. The number of pyridine rings is 1. The van der Waals surface area contributed by atoms with Gasteiger partial charge in [-0.1, -0.05) is 0 Å². The van der Waals surface area contributed by atoms with E-state index in [2.05, 4.69) is 20.2 Å². The van der Waals surface area contributed by atoms with E-state index in [0.717, 1.165) is 42.9 Å². The largest absolute Gasteiger partial charge is 0.302 e. The Bertz CT molecular complexity index is 690. The van der Waals surface area contributed by atoms with E-state index in [4.69, 9.17) is 0 Å². The third-order valence-corrected chi connectivity index (χ3v) is 4.80. The number of hydrogen-bond donors (Lipinski definition) is 1. The summed E-state index contributed by atoms with van der Waals surface area (Å²) in [5.41, 5.74) is 1.01. The van der Waals surface area contributed by atoms with Crippen LogP contribution in [0.15, 0.2) is 24.5 Å². The lowest BCUT2D eigenvalue weighted by Crippen LogP contribution is -2.20. The maximum absolute atomic E-state index is 13.1. The summed E-state index contributed by atoms with van der Waals surface area (Å²) in [6, 6.07) is 3.40. The average molecular weight is 334 g/mol. The van der Waals surface area contributed by atoms with Crippen molar-refractivity contribution in [1.29, 1.82) is 0 Å². The van der Waals surface area contributed by atoms with Crippen LogP contribution in [0.3, 0.4) is 0 Å². The normalized spacial score (nSPS) is 18.3. The molecule has 0 radical (unpaired) electrons. The minimum atomic E-state index is -0.410. The highest BCUT2D eigenvalue weighted by atomic mass is 32.1. The van der Waals surface area contributed by atoms with Crippen molar-refractivity contribution in [2.45, 2.75) is 26.3 Å². The molecule has 0 bridgehead atoms. The maximum atomic E-state index is 13.1. The Labute approximate surface area is 138 Å². The first-order chi connectivity index (χ1) is 11.1. The number of aromatic nitrogens is 2. The lowest BCUT2D eigenvalue weighted by atomic mass is 9.99. The molecule has 0 spiro atoms. The summed E-state index contributed by atoms with van der Waals surface area (Å²) < 4.78 is 13.1. The number of nitrogens with zero attached hydrogens (tertiary/aromatic N) is 3. The standard InChI is InChI=1S/C16H19FN4OS/c1-11(22)20-16-19-8-14(23-16)10-21-5-3-13(9-21)6-12-2-4-18-15(17)7-12/h2,4,7-8,13H,3,5-6,9-10H2,1H3,(H,19,20,22). The topological polar surface area (TPSA) is 58.1 Å². The molecule has 1 amide bonds. The molecule has 1 aliphatic rings. The van der Waals surface area contributed by atoms with Crippen LogP contribution in [0.4, 0.5) is 9.52 Å². The molecule has 1 fully saturated rings. The summed E-state index contributed by atoms with van der Waals surface area (Å²) in [6.45, 7) is 4.36. The number of carbonyl (C=O) groups excluding carboxylic acids is 1. The van der Waals surface area contributed by atoms with Crippen molar-refractivity contribution >= 4 is 22.4 Å². The number of hydrogen-bond acceptors (Lipinski definition) is 5. The van der Waals surface area contributed by atoms with Crippen LogP contribution >= 0.6 is 11.3 Å². The first-order valence-corrected chi connectivity index (χ1v) is 8.45. The van der Waals surface area contributed by atoms with Crippen molar-refractivity contribution in [3.63, 3.8) is 0 Å². The maximum Gasteiger partial charge on any atom is 0.223 e. The quantitative estimate of drug-likeness (QED) is 0.854. The Morgan fingerprint density at radius 1 is 1.52 bits per heavy atom. The fraction of sp³-hybridized carbons (Fsp3) is 0.438. The molecule has 1 N–H and O–H groups in total. The molecule has 2 aromatic heterocycles. The molecule has 1 atom stereocenters. The smallest absolute Gasteiger partial charge is 0.223 e. The minimum absolute atomic E-state index is 0.100. The van der Waals surface area contributed by atoms with Crippen molar-refractivity contribution < 1.29 is 9.18 Å². The van der Waals surface area contributed by atoms with Crippen molar-refractivity contribution in [3.8, 4) is 0 Å². The second-order valence-corrected chi connectivity index (χ2v) is 7.01. The molecule has 122 valence electrons. The van der Waals surface area contributed by atoms with E-state index in [1.165, 1.54) is 30.5 Å². The monoisotopic (exact) mass is 334 g/mol. The second-order valence-electron chi connectivity index (χ2n) is 5.89. The first kappa shape index (κ1) is 16.0. The summed E-state index contributed by atoms with van der Waals surface area (Å²) in [7, 11) is 0. The molecular weight excluding hydrogens is 315 g/mol. The lowest BCUT2D eigenvalue weighted by molar-refractivity contribution is -0.114. The van der Waals surface area contributed by atoms with E-state index in [-0.39, 0.29) is 5.91 Å². The van der Waals surface area contributed by atoms with Crippen molar-refractivity contribution in [2.75, 3.05) is 18.4 Å². The van der Waals surface area contributed by atoms with Crippen LogP contribution in [0, 0.1) is 11.9 Å². The molecule has 0 saturated carbocycles.